The molecule has 1 aliphatic heterocycles. The van der Waals surface area contributed by atoms with E-state index in [0.717, 1.165) is 54.8 Å². The van der Waals surface area contributed by atoms with Crippen LogP contribution < -0.4 is 15.4 Å². The van der Waals surface area contributed by atoms with Crippen molar-refractivity contribution in [2.45, 2.75) is 33.2 Å². The van der Waals surface area contributed by atoms with E-state index in [2.05, 4.69) is 39.9 Å². The van der Waals surface area contributed by atoms with Gasteiger partial charge < -0.3 is 19.8 Å². The molecule has 0 saturated heterocycles. The first-order valence-corrected chi connectivity index (χ1v) is 8.41. The molecule has 0 radical (unpaired) electrons. The Balaban J connectivity index is 0.00000225. The fourth-order valence-electron chi connectivity index (χ4n) is 2.98. The van der Waals surface area contributed by atoms with Gasteiger partial charge in [0.1, 0.15) is 17.3 Å². The van der Waals surface area contributed by atoms with Crippen molar-refractivity contribution < 1.29 is 9.15 Å². The highest BCUT2D eigenvalue weighted by Gasteiger charge is 2.12. The third-order valence-corrected chi connectivity index (χ3v) is 4.27. The standard InChI is InChI=1S/C19H25N3O2.HI/c1-13-10-17(14(2)24-13)12-22-19(20-3)21-8-6-15-4-5-18-16(11-15)7-9-23-18;/h4-5,10-11H,6-9,12H2,1-3H3,(H2,20,21,22);1H. The number of nitrogens with zero attached hydrogens (tertiary/aromatic N) is 1. The molecule has 0 unspecified atom stereocenters. The van der Waals surface area contributed by atoms with Crippen molar-refractivity contribution in [2.75, 3.05) is 20.2 Å². The van der Waals surface area contributed by atoms with Crippen LogP contribution in [0.1, 0.15) is 28.2 Å². The van der Waals surface area contributed by atoms with Gasteiger partial charge in [-0.25, -0.2) is 0 Å². The smallest absolute Gasteiger partial charge is 0.191 e. The number of aliphatic imine (C=N–C) groups is 1. The summed E-state index contributed by atoms with van der Waals surface area (Å²) < 4.78 is 11.1. The Kier molecular flexibility index (Phi) is 7.16. The van der Waals surface area contributed by atoms with Crippen LogP contribution in [0.4, 0.5) is 0 Å². The summed E-state index contributed by atoms with van der Waals surface area (Å²) in [6, 6.07) is 8.52. The number of rotatable bonds is 5. The Bertz CT molecular complexity index is 740. The van der Waals surface area contributed by atoms with Gasteiger partial charge >= 0.3 is 0 Å². The number of furan rings is 1. The van der Waals surface area contributed by atoms with E-state index in [-0.39, 0.29) is 24.0 Å². The number of fused-ring (bicyclic) bond motifs is 1. The van der Waals surface area contributed by atoms with E-state index in [9.17, 15) is 0 Å². The van der Waals surface area contributed by atoms with Crippen LogP contribution in [-0.4, -0.2) is 26.2 Å². The SMILES string of the molecule is CN=C(NCCc1ccc2c(c1)CCO2)NCc1cc(C)oc1C.I. The Morgan fingerprint density at radius 3 is 2.76 bits per heavy atom. The third kappa shape index (κ3) is 5.14. The molecule has 2 N–H and O–H groups in total. The summed E-state index contributed by atoms with van der Waals surface area (Å²) in [5, 5.41) is 6.69. The van der Waals surface area contributed by atoms with Crippen LogP contribution in [0.3, 0.4) is 0 Å². The number of hydrogen-bond donors (Lipinski definition) is 2. The summed E-state index contributed by atoms with van der Waals surface area (Å²) >= 11 is 0. The quantitative estimate of drug-likeness (QED) is 0.413. The molecule has 2 heterocycles. The van der Waals surface area contributed by atoms with Crippen molar-refractivity contribution in [3.63, 3.8) is 0 Å². The summed E-state index contributed by atoms with van der Waals surface area (Å²) in [5.74, 6) is 3.73. The first kappa shape index (κ1) is 19.6. The predicted molar refractivity (Wildman–Crippen MR) is 111 cm³/mol. The van der Waals surface area contributed by atoms with Crippen molar-refractivity contribution in [1.29, 1.82) is 0 Å². The van der Waals surface area contributed by atoms with Crippen molar-refractivity contribution >= 4 is 29.9 Å². The molecule has 1 aliphatic rings. The van der Waals surface area contributed by atoms with Gasteiger partial charge in [-0.15, -0.1) is 24.0 Å². The lowest BCUT2D eigenvalue weighted by molar-refractivity contribution is 0.357. The molecule has 136 valence electrons. The van der Waals surface area contributed by atoms with Gasteiger partial charge in [-0.05, 0) is 43.5 Å². The van der Waals surface area contributed by atoms with Crippen LogP contribution in [0.5, 0.6) is 5.75 Å². The molecule has 3 rings (SSSR count). The number of ether oxygens (including phenoxy) is 1. The molecule has 0 atom stereocenters. The minimum Gasteiger partial charge on any atom is -0.493 e. The Hall–Kier alpha value is -1.70. The highest BCUT2D eigenvalue weighted by atomic mass is 127. The predicted octanol–water partition coefficient (Wildman–Crippen LogP) is 3.36. The van der Waals surface area contributed by atoms with Gasteiger partial charge in [0.25, 0.3) is 0 Å². The molecule has 0 saturated carbocycles. The molecule has 0 spiro atoms. The van der Waals surface area contributed by atoms with Crippen LogP contribution >= 0.6 is 24.0 Å². The molecular weight excluding hydrogens is 429 g/mol. The third-order valence-electron chi connectivity index (χ3n) is 4.27. The average molecular weight is 455 g/mol. The molecule has 0 aliphatic carbocycles. The maximum atomic E-state index is 5.55. The van der Waals surface area contributed by atoms with Crippen LogP contribution in [0.15, 0.2) is 33.7 Å². The Morgan fingerprint density at radius 2 is 2.04 bits per heavy atom. The number of nitrogens with one attached hydrogen (secondary N) is 2. The van der Waals surface area contributed by atoms with Gasteiger partial charge in [0.05, 0.1) is 6.61 Å². The normalized spacial score (nSPS) is 13.0. The summed E-state index contributed by atoms with van der Waals surface area (Å²) in [6.07, 6.45) is 1.97. The number of guanidine groups is 1. The van der Waals surface area contributed by atoms with Gasteiger partial charge in [-0.3, -0.25) is 4.99 Å². The Morgan fingerprint density at radius 1 is 1.20 bits per heavy atom. The van der Waals surface area contributed by atoms with Crippen LogP contribution in [0.25, 0.3) is 0 Å². The first-order chi connectivity index (χ1) is 11.7. The van der Waals surface area contributed by atoms with Crippen molar-refractivity contribution in [1.82, 2.24) is 10.6 Å². The van der Waals surface area contributed by atoms with E-state index in [1.54, 1.807) is 7.05 Å². The van der Waals surface area contributed by atoms with Gasteiger partial charge in [-0.2, -0.15) is 0 Å². The number of benzene rings is 1. The van der Waals surface area contributed by atoms with Crippen molar-refractivity contribution in [3.05, 3.63) is 52.5 Å². The van der Waals surface area contributed by atoms with E-state index < -0.39 is 0 Å². The van der Waals surface area contributed by atoms with Crippen LogP contribution in [-0.2, 0) is 19.4 Å². The fraction of sp³-hybridized carbons (Fsp3) is 0.421. The lowest BCUT2D eigenvalue weighted by atomic mass is 10.1. The monoisotopic (exact) mass is 455 g/mol. The van der Waals surface area contributed by atoms with E-state index in [4.69, 9.17) is 9.15 Å². The summed E-state index contributed by atoms with van der Waals surface area (Å²) in [5.41, 5.74) is 3.80. The minimum atomic E-state index is 0. The zero-order valence-electron chi connectivity index (χ0n) is 15.0. The van der Waals surface area contributed by atoms with E-state index >= 15 is 0 Å². The zero-order valence-corrected chi connectivity index (χ0v) is 17.3. The molecule has 1 aromatic carbocycles. The lowest BCUT2D eigenvalue weighted by Gasteiger charge is -2.12. The second kappa shape index (κ2) is 9.12. The topological polar surface area (TPSA) is 58.8 Å². The Labute approximate surface area is 166 Å². The molecule has 25 heavy (non-hydrogen) atoms. The fourth-order valence-corrected chi connectivity index (χ4v) is 2.98. The summed E-state index contributed by atoms with van der Waals surface area (Å²) in [6.45, 7) is 6.30. The largest absolute Gasteiger partial charge is 0.493 e. The summed E-state index contributed by atoms with van der Waals surface area (Å²) in [4.78, 5) is 4.27. The van der Waals surface area contributed by atoms with E-state index in [0.29, 0.717) is 6.54 Å². The highest BCUT2D eigenvalue weighted by Crippen LogP contribution is 2.25. The van der Waals surface area contributed by atoms with Crippen molar-refractivity contribution in [3.8, 4) is 5.75 Å². The number of halogens is 1. The highest BCUT2D eigenvalue weighted by molar-refractivity contribution is 14.0. The van der Waals surface area contributed by atoms with Gasteiger partial charge in [0.15, 0.2) is 5.96 Å². The molecular formula is C19H26IN3O2. The number of aryl methyl sites for hydroxylation is 2. The van der Waals surface area contributed by atoms with E-state index in [1.807, 2.05) is 13.8 Å². The van der Waals surface area contributed by atoms with Crippen LogP contribution in [0, 0.1) is 13.8 Å². The summed E-state index contributed by atoms with van der Waals surface area (Å²) in [7, 11) is 1.79. The molecule has 5 nitrogen and oxygen atoms in total. The van der Waals surface area contributed by atoms with E-state index in [1.165, 1.54) is 11.1 Å². The molecule has 2 aromatic rings. The van der Waals surface area contributed by atoms with Crippen LogP contribution in [0.2, 0.25) is 0 Å². The van der Waals surface area contributed by atoms with Gasteiger partial charge in [0.2, 0.25) is 0 Å². The van der Waals surface area contributed by atoms with Crippen molar-refractivity contribution in [2.24, 2.45) is 4.99 Å². The molecule has 6 heteroatoms. The molecule has 0 amide bonds. The lowest BCUT2D eigenvalue weighted by Crippen LogP contribution is -2.37. The molecule has 0 bridgehead atoms. The first-order valence-electron chi connectivity index (χ1n) is 8.41. The average Bonchev–Trinajstić information content (AvgIpc) is 3.16. The second-order valence-corrected chi connectivity index (χ2v) is 6.08. The van der Waals surface area contributed by atoms with Gasteiger partial charge in [0, 0.05) is 32.1 Å². The number of hydrogen-bond acceptors (Lipinski definition) is 3. The maximum Gasteiger partial charge on any atom is 0.191 e. The minimum absolute atomic E-state index is 0. The zero-order chi connectivity index (χ0) is 16.9. The molecule has 0 fully saturated rings. The maximum absolute atomic E-state index is 5.55. The van der Waals surface area contributed by atoms with Gasteiger partial charge in [-0.1, -0.05) is 12.1 Å². The molecule has 1 aromatic heterocycles. The second-order valence-electron chi connectivity index (χ2n) is 6.08.